The van der Waals surface area contributed by atoms with Crippen molar-refractivity contribution in [2.24, 2.45) is 0 Å². The maximum absolute atomic E-state index is 13.6. The first-order chi connectivity index (χ1) is 11.1. The second kappa shape index (κ2) is 6.32. The molecule has 3 nitrogen and oxygen atoms in total. The van der Waals surface area contributed by atoms with E-state index in [0.717, 1.165) is 28.1 Å². The van der Waals surface area contributed by atoms with E-state index in [1.54, 1.807) is 19.2 Å². The summed E-state index contributed by atoms with van der Waals surface area (Å²) in [5, 5.41) is 1.02. The normalized spacial score (nSPS) is 11.2. The lowest BCUT2D eigenvalue weighted by atomic mass is 10.2. The van der Waals surface area contributed by atoms with Crippen LogP contribution in [0.5, 0.6) is 11.5 Å². The van der Waals surface area contributed by atoms with Crippen molar-refractivity contribution in [1.29, 1.82) is 0 Å². The number of hydrogen-bond donors (Lipinski definition) is 0. The molecule has 0 bridgehead atoms. The number of fused-ring (bicyclic) bond motifs is 1. The summed E-state index contributed by atoms with van der Waals surface area (Å²) >= 11 is 0. The highest BCUT2D eigenvalue weighted by atomic mass is 19.1. The average molecular weight is 313 g/mol. The fraction of sp³-hybridized carbons (Fsp3) is 0.263. The quantitative estimate of drug-likeness (QED) is 0.665. The zero-order chi connectivity index (χ0) is 16.4. The van der Waals surface area contributed by atoms with Gasteiger partial charge in [-0.25, -0.2) is 4.39 Å². The van der Waals surface area contributed by atoms with Crippen molar-refractivity contribution < 1.29 is 13.9 Å². The van der Waals surface area contributed by atoms with Crippen LogP contribution < -0.4 is 9.47 Å². The first-order valence-electron chi connectivity index (χ1n) is 7.64. The van der Waals surface area contributed by atoms with Gasteiger partial charge in [0.05, 0.1) is 18.3 Å². The van der Waals surface area contributed by atoms with Crippen molar-refractivity contribution in [2.75, 3.05) is 7.11 Å². The van der Waals surface area contributed by atoms with Gasteiger partial charge in [-0.2, -0.15) is 0 Å². The summed E-state index contributed by atoms with van der Waals surface area (Å²) < 4.78 is 26.7. The van der Waals surface area contributed by atoms with E-state index in [1.807, 2.05) is 24.3 Å². The Morgan fingerprint density at radius 3 is 2.35 bits per heavy atom. The predicted octanol–water partition coefficient (Wildman–Crippen LogP) is 4.95. The third-order valence-corrected chi connectivity index (χ3v) is 3.85. The lowest BCUT2D eigenvalue weighted by Crippen LogP contribution is -2.08. The van der Waals surface area contributed by atoms with Gasteiger partial charge in [-0.3, -0.25) is 0 Å². The van der Waals surface area contributed by atoms with Crippen LogP contribution in [0.15, 0.2) is 48.5 Å². The van der Waals surface area contributed by atoms with E-state index in [2.05, 4.69) is 24.5 Å². The second-order valence-electron chi connectivity index (χ2n) is 5.77. The molecule has 3 aromatic rings. The molecule has 1 aromatic heterocycles. The molecule has 120 valence electrons. The highest BCUT2D eigenvalue weighted by molar-refractivity contribution is 5.81. The summed E-state index contributed by atoms with van der Waals surface area (Å²) in [6.07, 6.45) is 0. The number of ether oxygens (including phenoxy) is 2. The van der Waals surface area contributed by atoms with E-state index in [-0.39, 0.29) is 11.9 Å². The monoisotopic (exact) mass is 313 g/mol. The number of benzene rings is 2. The van der Waals surface area contributed by atoms with Gasteiger partial charge in [0.25, 0.3) is 0 Å². The minimum Gasteiger partial charge on any atom is -0.497 e. The van der Waals surface area contributed by atoms with E-state index in [0.29, 0.717) is 6.61 Å². The molecule has 0 atom stereocenters. The van der Waals surface area contributed by atoms with Crippen molar-refractivity contribution in [3.63, 3.8) is 0 Å². The molecule has 0 spiro atoms. The van der Waals surface area contributed by atoms with E-state index in [9.17, 15) is 4.39 Å². The highest BCUT2D eigenvalue weighted by Gasteiger charge is 2.12. The first kappa shape index (κ1) is 15.4. The van der Waals surface area contributed by atoms with Crippen LogP contribution in [-0.2, 0) is 6.61 Å². The molecule has 0 aliphatic heterocycles. The number of hydrogen-bond acceptors (Lipinski definition) is 2. The van der Waals surface area contributed by atoms with Crippen LogP contribution >= 0.6 is 0 Å². The third-order valence-electron chi connectivity index (χ3n) is 3.85. The molecule has 0 saturated carbocycles. The van der Waals surface area contributed by atoms with Gasteiger partial charge in [0.2, 0.25) is 0 Å². The summed E-state index contributed by atoms with van der Waals surface area (Å²) in [5.74, 6) is 1.35. The van der Waals surface area contributed by atoms with Gasteiger partial charge in [-0.1, -0.05) is 0 Å². The van der Waals surface area contributed by atoms with Crippen LogP contribution in [-0.4, -0.2) is 11.7 Å². The lowest BCUT2D eigenvalue weighted by Gasteiger charge is -2.15. The molecule has 0 fully saturated rings. The fourth-order valence-corrected chi connectivity index (χ4v) is 2.80. The average Bonchev–Trinajstić information content (AvgIpc) is 2.91. The number of halogens is 1. The molecule has 4 heteroatoms. The predicted molar refractivity (Wildman–Crippen MR) is 89.6 cm³/mol. The maximum atomic E-state index is 13.6. The van der Waals surface area contributed by atoms with Crippen molar-refractivity contribution >= 4 is 10.9 Å². The third kappa shape index (κ3) is 3.16. The summed E-state index contributed by atoms with van der Waals surface area (Å²) in [4.78, 5) is 0. The van der Waals surface area contributed by atoms with Gasteiger partial charge in [-0.15, -0.1) is 0 Å². The zero-order valence-corrected chi connectivity index (χ0v) is 13.5. The Hall–Kier alpha value is -2.49. The summed E-state index contributed by atoms with van der Waals surface area (Å²) in [7, 11) is 1.63. The number of aromatic nitrogens is 1. The molecule has 0 aliphatic rings. The maximum Gasteiger partial charge on any atom is 0.128 e. The van der Waals surface area contributed by atoms with Crippen LogP contribution in [0, 0.1) is 5.82 Å². The topological polar surface area (TPSA) is 23.4 Å². The zero-order valence-electron chi connectivity index (χ0n) is 13.5. The highest BCUT2D eigenvalue weighted by Crippen LogP contribution is 2.26. The molecule has 0 radical (unpaired) electrons. The van der Waals surface area contributed by atoms with E-state index >= 15 is 0 Å². The Morgan fingerprint density at radius 2 is 1.70 bits per heavy atom. The smallest absolute Gasteiger partial charge is 0.128 e. The Balaban J connectivity index is 1.88. The van der Waals surface area contributed by atoms with Crippen LogP contribution in [0.2, 0.25) is 0 Å². The van der Waals surface area contributed by atoms with Crippen LogP contribution in [0.25, 0.3) is 10.9 Å². The van der Waals surface area contributed by atoms with Crippen LogP contribution in [0.1, 0.15) is 25.6 Å². The van der Waals surface area contributed by atoms with Crippen molar-refractivity contribution in [2.45, 2.75) is 26.5 Å². The largest absolute Gasteiger partial charge is 0.497 e. The molecule has 2 aromatic carbocycles. The molecule has 0 saturated heterocycles. The van der Waals surface area contributed by atoms with E-state index in [1.165, 1.54) is 6.07 Å². The van der Waals surface area contributed by atoms with Crippen molar-refractivity contribution in [3.8, 4) is 11.5 Å². The van der Waals surface area contributed by atoms with Gasteiger partial charge in [-0.05, 0) is 62.4 Å². The Labute approximate surface area is 135 Å². The molecule has 0 amide bonds. The number of rotatable bonds is 5. The van der Waals surface area contributed by atoms with Gasteiger partial charge < -0.3 is 14.0 Å². The molecule has 1 heterocycles. The molecular formula is C19H20FNO2. The SMILES string of the molecule is COc1ccc(OCc2cc3ccc(F)cc3n2C(C)C)cc1. The number of nitrogens with zero attached hydrogens (tertiary/aromatic N) is 1. The first-order valence-corrected chi connectivity index (χ1v) is 7.64. The molecule has 0 unspecified atom stereocenters. The van der Waals surface area contributed by atoms with Gasteiger partial charge >= 0.3 is 0 Å². The van der Waals surface area contributed by atoms with E-state index in [4.69, 9.17) is 9.47 Å². The second-order valence-corrected chi connectivity index (χ2v) is 5.77. The minimum atomic E-state index is -0.222. The van der Waals surface area contributed by atoms with Crippen LogP contribution in [0.4, 0.5) is 4.39 Å². The van der Waals surface area contributed by atoms with Crippen molar-refractivity contribution in [3.05, 3.63) is 60.0 Å². The van der Waals surface area contributed by atoms with Crippen LogP contribution in [0.3, 0.4) is 0 Å². The molecule has 0 N–H and O–H groups in total. The Kier molecular flexibility index (Phi) is 4.24. The molecule has 0 aliphatic carbocycles. The van der Waals surface area contributed by atoms with E-state index < -0.39 is 0 Å². The summed E-state index contributed by atoms with van der Waals surface area (Å²) in [6, 6.07) is 14.6. The fourth-order valence-electron chi connectivity index (χ4n) is 2.80. The molecule has 23 heavy (non-hydrogen) atoms. The summed E-state index contributed by atoms with van der Waals surface area (Å²) in [6.45, 7) is 4.60. The Bertz CT molecular complexity index is 806. The summed E-state index contributed by atoms with van der Waals surface area (Å²) in [5.41, 5.74) is 1.92. The van der Waals surface area contributed by atoms with Gasteiger partial charge in [0, 0.05) is 11.4 Å². The molecular weight excluding hydrogens is 293 g/mol. The minimum absolute atomic E-state index is 0.222. The van der Waals surface area contributed by atoms with Gasteiger partial charge in [0.1, 0.15) is 23.9 Å². The lowest BCUT2D eigenvalue weighted by molar-refractivity contribution is 0.292. The Morgan fingerprint density at radius 1 is 1.00 bits per heavy atom. The van der Waals surface area contributed by atoms with Crippen molar-refractivity contribution in [1.82, 2.24) is 4.57 Å². The standard InChI is InChI=1S/C19H20FNO2/c1-13(2)21-16(10-14-4-5-15(20)11-19(14)21)12-23-18-8-6-17(22-3)7-9-18/h4-11,13H,12H2,1-3H3. The molecule has 3 rings (SSSR count). The number of methoxy groups -OCH3 is 1. The van der Waals surface area contributed by atoms with Gasteiger partial charge in [0.15, 0.2) is 0 Å².